The molecule has 47 heavy (non-hydrogen) atoms. The van der Waals surface area contributed by atoms with Gasteiger partial charge in [-0.3, -0.25) is 14.2 Å². The molecule has 6 rings (SSSR count). The van der Waals surface area contributed by atoms with E-state index in [-0.39, 0.29) is 22.8 Å². The van der Waals surface area contributed by atoms with Crippen LogP contribution in [-0.2, 0) is 4.79 Å². The highest BCUT2D eigenvalue weighted by molar-refractivity contribution is 8.00. The molecule has 244 valence electrons. The fourth-order valence-corrected chi connectivity index (χ4v) is 8.10. The summed E-state index contributed by atoms with van der Waals surface area (Å²) < 4.78 is 6.98. The maximum absolute atomic E-state index is 14.5. The number of aromatic nitrogens is 2. The predicted octanol–water partition coefficient (Wildman–Crippen LogP) is 8.57. The number of halogens is 1. The molecule has 7 nitrogen and oxygen atoms in total. The van der Waals surface area contributed by atoms with Crippen LogP contribution in [0.5, 0.6) is 0 Å². The van der Waals surface area contributed by atoms with Gasteiger partial charge in [0.25, 0.3) is 5.56 Å². The maximum Gasteiger partial charge on any atom is 0.266 e. The third kappa shape index (κ3) is 7.29. The largest absolute Gasteiger partial charge is 0.472 e. The first-order valence-corrected chi connectivity index (χ1v) is 17.5. The number of rotatable bonds is 11. The van der Waals surface area contributed by atoms with Gasteiger partial charge in [0.05, 0.1) is 34.4 Å². The third-order valence-electron chi connectivity index (χ3n) is 8.91. The molecule has 1 saturated heterocycles. The second-order valence-electron chi connectivity index (χ2n) is 13.2. The quantitative estimate of drug-likeness (QED) is 0.104. The number of furan rings is 1. The Morgan fingerprint density at radius 3 is 2.57 bits per heavy atom. The van der Waals surface area contributed by atoms with Gasteiger partial charge in [0.1, 0.15) is 0 Å². The molecular formula is C38H41ClN4O3S. The topological polar surface area (TPSA) is 71.6 Å². The van der Waals surface area contributed by atoms with Crippen molar-refractivity contribution < 1.29 is 9.21 Å². The van der Waals surface area contributed by atoms with Crippen molar-refractivity contribution in [3.63, 3.8) is 0 Å². The van der Waals surface area contributed by atoms with Crippen LogP contribution in [-0.4, -0.2) is 51.8 Å². The molecule has 0 saturated carbocycles. The Morgan fingerprint density at radius 2 is 1.83 bits per heavy atom. The van der Waals surface area contributed by atoms with E-state index in [2.05, 4.69) is 31.7 Å². The minimum Gasteiger partial charge on any atom is -0.472 e. The smallest absolute Gasteiger partial charge is 0.266 e. The summed E-state index contributed by atoms with van der Waals surface area (Å²) in [6, 6.07) is 25.1. The van der Waals surface area contributed by atoms with Crippen LogP contribution < -0.4 is 10.5 Å². The Bertz CT molecular complexity index is 1920. The maximum atomic E-state index is 14.5. The Balaban J connectivity index is 1.32. The van der Waals surface area contributed by atoms with E-state index < -0.39 is 5.25 Å². The van der Waals surface area contributed by atoms with Gasteiger partial charge in [0, 0.05) is 47.9 Å². The fraction of sp³-hybridized carbons (Fsp3) is 0.342. The lowest BCUT2D eigenvalue weighted by atomic mass is 9.89. The van der Waals surface area contributed by atoms with Crippen molar-refractivity contribution in [2.75, 3.05) is 31.1 Å². The fourth-order valence-electron chi connectivity index (χ4n) is 6.48. The summed E-state index contributed by atoms with van der Waals surface area (Å²) in [6.07, 6.45) is 4.95. The standard InChI is InChI=1S/C38H41ClN4O3S/c1-5-41(24-38(4)17-18-42(25-38)30-12-9-11-29(39)22-30)36(45)34(20-26(2)3)47-37-40-33-15-7-6-14-32(33)35(44)43(37)31-13-8-10-27(21-31)28-16-19-46-23-28/h6-16,19,21-23,26,34H,5,17-18,20,24-25H2,1-4H3. The number of thioether (sulfide) groups is 1. The number of carbonyl (C=O) groups excluding carboxylic acids is 1. The lowest BCUT2D eigenvalue weighted by molar-refractivity contribution is -0.132. The minimum atomic E-state index is -0.416. The first-order valence-electron chi connectivity index (χ1n) is 16.2. The van der Waals surface area contributed by atoms with Crippen LogP contribution in [0.1, 0.15) is 40.5 Å². The zero-order valence-electron chi connectivity index (χ0n) is 27.4. The molecule has 9 heteroatoms. The molecule has 0 aliphatic carbocycles. The van der Waals surface area contributed by atoms with Crippen LogP contribution in [0.2, 0.25) is 5.02 Å². The highest BCUT2D eigenvalue weighted by atomic mass is 35.5. The van der Waals surface area contributed by atoms with Crippen molar-refractivity contribution in [2.24, 2.45) is 11.3 Å². The number of hydrogen-bond acceptors (Lipinski definition) is 6. The molecule has 3 aromatic carbocycles. The van der Waals surface area contributed by atoms with E-state index in [0.717, 1.165) is 41.3 Å². The Labute approximate surface area is 285 Å². The zero-order valence-corrected chi connectivity index (χ0v) is 28.9. The van der Waals surface area contributed by atoms with Crippen molar-refractivity contribution in [3.8, 4) is 16.8 Å². The number of amides is 1. The summed E-state index contributed by atoms with van der Waals surface area (Å²) in [5, 5.41) is 1.35. The molecular weight excluding hydrogens is 628 g/mol. The Hall–Kier alpha value is -4.01. The number of nitrogens with zero attached hydrogens (tertiary/aromatic N) is 4. The van der Waals surface area contributed by atoms with Gasteiger partial charge in [0.15, 0.2) is 5.16 Å². The molecule has 0 bridgehead atoms. The number of para-hydroxylation sites is 1. The Kier molecular flexibility index (Phi) is 9.80. The SMILES string of the molecule is CCN(CC1(C)CCN(c2cccc(Cl)c2)C1)C(=O)C(CC(C)C)Sc1nc2ccccc2c(=O)n1-c1cccc(-c2ccoc2)c1. The summed E-state index contributed by atoms with van der Waals surface area (Å²) >= 11 is 7.69. The number of hydrogen-bond donors (Lipinski definition) is 0. The highest BCUT2D eigenvalue weighted by Crippen LogP contribution is 2.37. The molecule has 2 atom stereocenters. The Morgan fingerprint density at radius 1 is 1.04 bits per heavy atom. The van der Waals surface area contributed by atoms with E-state index >= 15 is 0 Å². The van der Waals surface area contributed by atoms with E-state index in [0.29, 0.717) is 41.3 Å². The van der Waals surface area contributed by atoms with Gasteiger partial charge >= 0.3 is 0 Å². The average Bonchev–Trinajstić information content (AvgIpc) is 3.74. The summed E-state index contributed by atoms with van der Waals surface area (Å²) in [6.45, 7) is 11.6. The van der Waals surface area contributed by atoms with Gasteiger partial charge in [-0.2, -0.15) is 0 Å². The summed E-state index contributed by atoms with van der Waals surface area (Å²) in [4.78, 5) is 38.0. The lowest BCUT2D eigenvalue weighted by Crippen LogP contribution is -2.45. The molecule has 0 radical (unpaired) electrons. The van der Waals surface area contributed by atoms with Gasteiger partial charge in [-0.1, -0.05) is 74.5 Å². The number of anilines is 1. The van der Waals surface area contributed by atoms with Crippen LogP contribution in [0, 0.1) is 11.3 Å². The molecule has 1 aliphatic heterocycles. The molecule has 0 N–H and O–H groups in total. The summed E-state index contributed by atoms with van der Waals surface area (Å²) in [5.41, 5.74) is 4.03. The summed E-state index contributed by atoms with van der Waals surface area (Å²) in [5.74, 6) is 0.343. The third-order valence-corrected chi connectivity index (χ3v) is 10.3. The van der Waals surface area contributed by atoms with Crippen LogP contribution in [0.3, 0.4) is 0 Å². The van der Waals surface area contributed by atoms with E-state index in [4.69, 9.17) is 21.0 Å². The molecule has 0 spiro atoms. The average molecular weight is 669 g/mol. The minimum absolute atomic E-state index is 0.0716. The van der Waals surface area contributed by atoms with Gasteiger partial charge in [-0.05, 0) is 79.8 Å². The lowest BCUT2D eigenvalue weighted by Gasteiger charge is -2.34. The molecule has 1 fully saturated rings. The van der Waals surface area contributed by atoms with Crippen molar-refractivity contribution in [1.29, 1.82) is 0 Å². The number of fused-ring (bicyclic) bond motifs is 1. The predicted molar refractivity (Wildman–Crippen MR) is 193 cm³/mol. The van der Waals surface area contributed by atoms with Crippen LogP contribution in [0.4, 0.5) is 5.69 Å². The van der Waals surface area contributed by atoms with E-state index in [1.807, 2.05) is 78.6 Å². The zero-order chi connectivity index (χ0) is 33.1. The second kappa shape index (κ2) is 14.0. The molecule has 2 aromatic heterocycles. The van der Waals surface area contributed by atoms with Crippen LogP contribution in [0.15, 0.2) is 106 Å². The van der Waals surface area contributed by atoms with Crippen molar-refractivity contribution >= 4 is 45.9 Å². The summed E-state index contributed by atoms with van der Waals surface area (Å²) in [7, 11) is 0. The molecule has 1 amide bonds. The van der Waals surface area contributed by atoms with Crippen LogP contribution in [0.25, 0.3) is 27.7 Å². The monoisotopic (exact) mass is 668 g/mol. The first kappa shape index (κ1) is 32.9. The van der Waals surface area contributed by atoms with Crippen molar-refractivity contribution in [3.05, 3.63) is 107 Å². The highest BCUT2D eigenvalue weighted by Gasteiger charge is 2.38. The molecule has 3 heterocycles. The second-order valence-corrected chi connectivity index (χ2v) is 14.8. The molecule has 2 unspecified atom stereocenters. The molecule has 5 aromatic rings. The van der Waals surface area contributed by atoms with Gasteiger partial charge in [0.2, 0.25) is 5.91 Å². The van der Waals surface area contributed by atoms with Gasteiger partial charge in [-0.15, -0.1) is 0 Å². The first-order chi connectivity index (χ1) is 22.6. The van der Waals surface area contributed by atoms with Gasteiger partial charge < -0.3 is 14.2 Å². The normalized spacial score (nSPS) is 17.0. The van der Waals surface area contributed by atoms with Crippen molar-refractivity contribution in [2.45, 2.75) is 50.9 Å². The van der Waals surface area contributed by atoms with E-state index in [1.54, 1.807) is 23.2 Å². The molecule has 1 aliphatic rings. The van der Waals surface area contributed by atoms with Crippen LogP contribution >= 0.6 is 23.4 Å². The number of carbonyl (C=O) groups is 1. The van der Waals surface area contributed by atoms with E-state index in [9.17, 15) is 9.59 Å². The van der Waals surface area contributed by atoms with E-state index in [1.165, 1.54) is 11.8 Å². The number of benzene rings is 3. The van der Waals surface area contributed by atoms with Gasteiger partial charge in [-0.25, -0.2) is 4.98 Å². The van der Waals surface area contributed by atoms with Crippen molar-refractivity contribution in [1.82, 2.24) is 14.5 Å².